The van der Waals surface area contributed by atoms with Crippen LogP contribution in [-0.4, -0.2) is 24.2 Å². The van der Waals surface area contributed by atoms with E-state index in [1.165, 1.54) is 22.9 Å². The van der Waals surface area contributed by atoms with Crippen LogP contribution in [0.25, 0.3) is 0 Å². The normalized spacial score (nSPS) is 11.7. The number of nitrogens with zero attached hydrogens (tertiary/aromatic N) is 2. The maximum atomic E-state index is 13.0. The first kappa shape index (κ1) is 13.0. The van der Waals surface area contributed by atoms with Gasteiger partial charge in [0.2, 0.25) is 15.0 Å². The van der Waals surface area contributed by atoms with Crippen molar-refractivity contribution < 1.29 is 12.8 Å². The fraction of sp³-hybridized carbons (Fsp3) is 0.182. The van der Waals surface area contributed by atoms with Gasteiger partial charge in [0.15, 0.2) is 0 Å². The third-order valence-electron chi connectivity index (χ3n) is 2.35. The van der Waals surface area contributed by atoms with E-state index < -0.39 is 15.7 Å². The number of hydrogen-bond donors (Lipinski definition) is 0. The molecular formula is C11H10ClFN2O2S. The van der Waals surface area contributed by atoms with E-state index in [1.807, 2.05) is 0 Å². The monoisotopic (exact) mass is 288 g/mol. The highest BCUT2D eigenvalue weighted by Gasteiger charge is 2.14. The maximum Gasteiger partial charge on any atom is 0.227 e. The first-order chi connectivity index (χ1) is 8.38. The van der Waals surface area contributed by atoms with Crippen molar-refractivity contribution >= 4 is 21.4 Å². The molecule has 7 heteroatoms. The zero-order chi connectivity index (χ0) is 13.3. The van der Waals surface area contributed by atoms with Gasteiger partial charge in [0, 0.05) is 25.2 Å². The van der Waals surface area contributed by atoms with Crippen LogP contribution in [0.1, 0.15) is 5.56 Å². The van der Waals surface area contributed by atoms with E-state index in [9.17, 15) is 12.8 Å². The second-order valence-corrected chi connectivity index (χ2v) is 6.18. The molecule has 0 N–H and O–H groups in total. The van der Waals surface area contributed by atoms with Crippen LogP contribution >= 0.6 is 11.6 Å². The molecule has 0 fully saturated rings. The highest BCUT2D eigenvalue weighted by Crippen LogP contribution is 2.17. The molecule has 0 spiro atoms. The van der Waals surface area contributed by atoms with Crippen LogP contribution < -0.4 is 0 Å². The van der Waals surface area contributed by atoms with Crippen LogP contribution in [-0.2, 0) is 16.4 Å². The highest BCUT2D eigenvalue weighted by molar-refractivity contribution is 7.90. The average Bonchev–Trinajstić information content (AvgIpc) is 2.71. The van der Waals surface area contributed by atoms with Gasteiger partial charge in [-0.15, -0.1) is 0 Å². The van der Waals surface area contributed by atoms with Crippen LogP contribution in [0.5, 0.6) is 0 Å². The molecule has 4 nitrogen and oxygen atoms in total. The molecule has 0 atom stereocenters. The third-order valence-corrected chi connectivity index (χ3v) is 3.64. The number of hydrogen-bond acceptors (Lipinski definition) is 3. The Bertz CT molecular complexity index is 682. The molecule has 0 aliphatic carbocycles. The van der Waals surface area contributed by atoms with Crippen LogP contribution in [0.2, 0.25) is 5.02 Å². The lowest BCUT2D eigenvalue weighted by Gasteiger charge is -2.07. The van der Waals surface area contributed by atoms with Gasteiger partial charge in [0.1, 0.15) is 5.82 Å². The summed E-state index contributed by atoms with van der Waals surface area (Å²) in [5, 5.41) is -0.0172. The maximum absolute atomic E-state index is 13.0. The van der Waals surface area contributed by atoms with Crippen LogP contribution in [0.3, 0.4) is 0 Å². The quantitative estimate of drug-likeness (QED) is 0.869. The summed E-state index contributed by atoms with van der Waals surface area (Å²) in [6, 6.07) is 4.25. The fourth-order valence-electron chi connectivity index (χ4n) is 1.58. The molecule has 0 bridgehead atoms. The predicted molar refractivity (Wildman–Crippen MR) is 65.8 cm³/mol. The molecule has 0 saturated carbocycles. The Hall–Kier alpha value is -1.40. The summed E-state index contributed by atoms with van der Waals surface area (Å²) >= 11 is 5.67. The standard InChI is InChI=1S/C11H10ClFN2O2S/c1-18(16,17)11-14-4-5-15(11)7-8-2-3-10(13)9(12)6-8/h2-6H,7H2,1H3. The molecule has 1 heterocycles. The Labute approximate surface area is 109 Å². The molecule has 0 aliphatic rings. The lowest BCUT2D eigenvalue weighted by molar-refractivity contribution is 0.578. The summed E-state index contributed by atoms with van der Waals surface area (Å²) in [6.45, 7) is 0.266. The molecule has 96 valence electrons. The summed E-state index contributed by atoms with van der Waals surface area (Å²) in [4.78, 5) is 3.79. The van der Waals surface area contributed by atoms with Gasteiger partial charge >= 0.3 is 0 Å². The molecule has 0 saturated heterocycles. The Kier molecular flexibility index (Phi) is 3.41. The van der Waals surface area contributed by atoms with E-state index in [0.717, 1.165) is 6.26 Å². The number of sulfone groups is 1. The first-order valence-corrected chi connectivity index (χ1v) is 7.30. The fourth-order valence-corrected chi connectivity index (χ4v) is 2.59. The molecule has 2 rings (SSSR count). The highest BCUT2D eigenvalue weighted by atomic mass is 35.5. The summed E-state index contributed by atoms with van der Waals surface area (Å²) < 4.78 is 37.4. The van der Waals surface area contributed by atoms with Gasteiger partial charge in [-0.25, -0.2) is 17.8 Å². The zero-order valence-corrected chi connectivity index (χ0v) is 11.0. The molecule has 0 unspecified atom stereocenters. The summed E-state index contributed by atoms with van der Waals surface area (Å²) in [5.74, 6) is -0.505. The lowest BCUT2D eigenvalue weighted by atomic mass is 10.2. The Morgan fingerprint density at radius 3 is 2.78 bits per heavy atom. The topological polar surface area (TPSA) is 52.0 Å². The van der Waals surface area contributed by atoms with Crippen molar-refractivity contribution in [1.29, 1.82) is 0 Å². The first-order valence-electron chi connectivity index (χ1n) is 5.03. The van der Waals surface area contributed by atoms with E-state index in [4.69, 9.17) is 11.6 Å². The number of aromatic nitrogens is 2. The second-order valence-electron chi connectivity index (χ2n) is 3.86. The van der Waals surface area contributed by atoms with E-state index in [1.54, 1.807) is 12.3 Å². The van der Waals surface area contributed by atoms with E-state index >= 15 is 0 Å². The molecular weight excluding hydrogens is 279 g/mol. The third kappa shape index (κ3) is 2.70. The summed E-state index contributed by atoms with van der Waals surface area (Å²) in [5.41, 5.74) is 0.698. The van der Waals surface area contributed by atoms with Gasteiger partial charge in [0.05, 0.1) is 5.02 Å². The molecule has 0 radical (unpaired) electrons. The van der Waals surface area contributed by atoms with Crippen LogP contribution in [0.4, 0.5) is 4.39 Å². The zero-order valence-electron chi connectivity index (χ0n) is 9.47. The van der Waals surface area contributed by atoms with Crippen molar-refractivity contribution in [3.05, 3.63) is 47.0 Å². The Balaban J connectivity index is 2.35. The average molecular weight is 289 g/mol. The minimum absolute atomic E-state index is 0.00789. The number of benzene rings is 1. The van der Waals surface area contributed by atoms with Crippen LogP contribution in [0.15, 0.2) is 35.7 Å². The molecule has 1 aromatic heterocycles. The van der Waals surface area contributed by atoms with Gasteiger partial charge in [-0.05, 0) is 17.7 Å². The summed E-state index contributed by atoms with van der Waals surface area (Å²) in [7, 11) is -3.38. The Morgan fingerprint density at radius 2 is 2.17 bits per heavy atom. The molecule has 1 aromatic carbocycles. The Morgan fingerprint density at radius 1 is 1.44 bits per heavy atom. The van der Waals surface area contributed by atoms with Crippen LogP contribution in [0, 0.1) is 5.82 Å². The van der Waals surface area contributed by atoms with Crippen molar-refractivity contribution in [3.63, 3.8) is 0 Å². The number of imidazole rings is 1. The van der Waals surface area contributed by atoms with E-state index in [2.05, 4.69) is 4.98 Å². The minimum Gasteiger partial charge on any atom is -0.318 e. The van der Waals surface area contributed by atoms with Gasteiger partial charge < -0.3 is 4.57 Å². The van der Waals surface area contributed by atoms with E-state index in [-0.39, 0.29) is 16.7 Å². The molecule has 2 aromatic rings. The van der Waals surface area contributed by atoms with E-state index in [0.29, 0.717) is 5.56 Å². The van der Waals surface area contributed by atoms with Gasteiger partial charge in [-0.3, -0.25) is 0 Å². The molecule has 0 amide bonds. The minimum atomic E-state index is -3.38. The van der Waals surface area contributed by atoms with Crippen molar-refractivity contribution in [2.45, 2.75) is 11.7 Å². The van der Waals surface area contributed by atoms with Gasteiger partial charge in [0.25, 0.3) is 0 Å². The largest absolute Gasteiger partial charge is 0.318 e. The SMILES string of the molecule is CS(=O)(=O)c1nccn1Cc1ccc(F)c(Cl)c1. The smallest absolute Gasteiger partial charge is 0.227 e. The van der Waals surface area contributed by atoms with Gasteiger partial charge in [-0.1, -0.05) is 17.7 Å². The predicted octanol–water partition coefficient (Wildman–Crippen LogP) is 2.13. The lowest BCUT2D eigenvalue weighted by Crippen LogP contribution is -2.09. The molecule has 18 heavy (non-hydrogen) atoms. The molecule has 0 aliphatic heterocycles. The van der Waals surface area contributed by atoms with Gasteiger partial charge in [-0.2, -0.15) is 0 Å². The summed E-state index contributed by atoms with van der Waals surface area (Å²) in [6.07, 6.45) is 4.04. The number of halogens is 2. The van der Waals surface area contributed by atoms with Crippen molar-refractivity contribution in [3.8, 4) is 0 Å². The van der Waals surface area contributed by atoms with Crippen molar-refractivity contribution in [2.75, 3.05) is 6.26 Å². The second kappa shape index (κ2) is 4.70. The van der Waals surface area contributed by atoms with Crippen molar-refractivity contribution in [1.82, 2.24) is 9.55 Å². The van der Waals surface area contributed by atoms with Crippen molar-refractivity contribution in [2.24, 2.45) is 0 Å². The number of rotatable bonds is 3.